The fraction of sp³-hybridized carbons (Fsp3) is 0.412. The van der Waals surface area contributed by atoms with E-state index in [4.69, 9.17) is 5.73 Å². The van der Waals surface area contributed by atoms with Gasteiger partial charge in [-0.15, -0.1) is 0 Å². The number of nitrogens with two attached hydrogens (primary N) is 1. The van der Waals surface area contributed by atoms with Crippen LogP contribution in [0.5, 0.6) is 0 Å². The van der Waals surface area contributed by atoms with E-state index >= 15 is 0 Å². The molecule has 0 fully saturated rings. The molecular weight excluding hydrogens is 246 g/mol. The van der Waals surface area contributed by atoms with E-state index in [2.05, 4.69) is 55.0 Å². The Morgan fingerprint density at radius 2 is 1.50 bits per heavy atom. The summed E-state index contributed by atoms with van der Waals surface area (Å²) in [4.78, 5) is 8.83. The van der Waals surface area contributed by atoms with Gasteiger partial charge in [-0.25, -0.2) is 9.97 Å². The molecule has 2 rings (SSSR count). The predicted molar refractivity (Wildman–Crippen MR) is 83.4 cm³/mol. The molecule has 1 aromatic heterocycles. The van der Waals surface area contributed by atoms with Crippen molar-refractivity contribution in [2.24, 2.45) is 5.73 Å². The van der Waals surface area contributed by atoms with Crippen molar-refractivity contribution >= 4 is 0 Å². The third-order valence-electron chi connectivity index (χ3n) is 3.28. The molecule has 3 nitrogen and oxygen atoms in total. The van der Waals surface area contributed by atoms with Crippen LogP contribution >= 0.6 is 0 Å². The molecule has 106 valence electrons. The Morgan fingerprint density at radius 3 is 2.00 bits per heavy atom. The van der Waals surface area contributed by atoms with Gasteiger partial charge in [0.15, 0.2) is 0 Å². The van der Waals surface area contributed by atoms with Crippen molar-refractivity contribution in [3.05, 3.63) is 47.9 Å². The number of nitrogens with zero attached hydrogens (tertiary/aromatic N) is 2. The van der Waals surface area contributed by atoms with Gasteiger partial charge in [-0.05, 0) is 30.9 Å². The zero-order valence-corrected chi connectivity index (χ0v) is 12.9. The van der Waals surface area contributed by atoms with E-state index in [1.807, 2.05) is 19.9 Å². The van der Waals surface area contributed by atoms with Crippen LogP contribution in [-0.4, -0.2) is 9.97 Å². The number of benzene rings is 1. The smallest absolute Gasteiger partial charge is 0.148 e. The van der Waals surface area contributed by atoms with E-state index in [9.17, 15) is 0 Å². The van der Waals surface area contributed by atoms with Gasteiger partial charge in [0.25, 0.3) is 0 Å². The first-order chi connectivity index (χ1) is 9.18. The highest BCUT2D eigenvalue weighted by molar-refractivity contribution is 5.59. The van der Waals surface area contributed by atoms with E-state index in [0.29, 0.717) is 5.82 Å². The predicted octanol–water partition coefficient (Wildman–Crippen LogP) is 3.63. The molecule has 2 N–H and O–H groups in total. The maximum Gasteiger partial charge on any atom is 0.148 e. The normalized spacial score (nSPS) is 12.5. The van der Waals surface area contributed by atoms with Crippen molar-refractivity contribution in [1.29, 1.82) is 0 Å². The van der Waals surface area contributed by atoms with Crippen LogP contribution in [-0.2, 0) is 11.0 Å². The van der Waals surface area contributed by atoms with Crippen LogP contribution in [0, 0.1) is 0 Å². The Bertz CT molecular complexity index is 587. The highest BCUT2D eigenvalue weighted by Gasteiger charge is 2.18. The van der Waals surface area contributed by atoms with Crippen molar-refractivity contribution < 1.29 is 0 Å². The second kappa shape index (κ2) is 4.98. The Balaban J connectivity index is 2.38. The lowest BCUT2D eigenvalue weighted by molar-refractivity contribution is 0.514. The van der Waals surface area contributed by atoms with Crippen molar-refractivity contribution in [2.45, 2.75) is 45.6 Å². The summed E-state index contributed by atoms with van der Waals surface area (Å²) >= 11 is 0. The Labute approximate surface area is 121 Å². The van der Waals surface area contributed by atoms with Crippen molar-refractivity contribution in [3.8, 4) is 11.3 Å². The summed E-state index contributed by atoms with van der Waals surface area (Å²) in [5, 5.41) is 0. The lowest BCUT2D eigenvalue weighted by atomic mass is 9.86. The van der Waals surface area contributed by atoms with Crippen LogP contribution in [0.25, 0.3) is 11.3 Å². The number of hydrogen-bond acceptors (Lipinski definition) is 3. The average Bonchev–Trinajstić information content (AvgIpc) is 2.37. The van der Waals surface area contributed by atoms with Gasteiger partial charge >= 0.3 is 0 Å². The lowest BCUT2D eigenvalue weighted by Crippen LogP contribution is -2.31. The summed E-state index contributed by atoms with van der Waals surface area (Å²) in [6.45, 7) is 10.5. The molecule has 20 heavy (non-hydrogen) atoms. The molecule has 0 aliphatic carbocycles. The number of rotatable bonds is 2. The van der Waals surface area contributed by atoms with Crippen molar-refractivity contribution in [2.75, 3.05) is 0 Å². The molecule has 0 radical (unpaired) electrons. The van der Waals surface area contributed by atoms with Gasteiger partial charge in [0.2, 0.25) is 0 Å². The van der Waals surface area contributed by atoms with Crippen molar-refractivity contribution in [3.63, 3.8) is 0 Å². The summed E-state index contributed by atoms with van der Waals surface area (Å²) < 4.78 is 0. The first kappa shape index (κ1) is 14.7. The quantitative estimate of drug-likeness (QED) is 0.905. The maximum absolute atomic E-state index is 6.06. The maximum atomic E-state index is 6.06. The number of hydrogen-bond donors (Lipinski definition) is 1. The molecule has 0 bridgehead atoms. The average molecular weight is 269 g/mol. The van der Waals surface area contributed by atoms with Crippen LogP contribution in [0.4, 0.5) is 0 Å². The van der Waals surface area contributed by atoms with Gasteiger partial charge in [0.1, 0.15) is 5.82 Å². The van der Waals surface area contributed by atoms with Gasteiger partial charge in [-0.1, -0.05) is 45.0 Å². The molecule has 0 amide bonds. The molecular formula is C17H23N3. The van der Waals surface area contributed by atoms with Crippen LogP contribution < -0.4 is 5.73 Å². The zero-order valence-electron chi connectivity index (χ0n) is 12.9. The standard InChI is InChI=1S/C17H23N3/c1-16(2,3)13-8-6-12(7-9-13)14-10-11-19-15(20-14)17(4,5)18/h6-11H,18H2,1-5H3. The molecule has 1 heterocycles. The molecule has 0 saturated carbocycles. The van der Waals surface area contributed by atoms with Crippen LogP contribution in [0.1, 0.15) is 46.0 Å². The van der Waals surface area contributed by atoms with Gasteiger partial charge in [-0.2, -0.15) is 0 Å². The minimum atomic E-state index is -0.526. The first-order valence-corrected chi connectivity index (χ1v) is 6.91. The largest absolute Gasteiger partial charge is 0.319 e. The van der Waals surface area contributed by atoms with Crippen LogP contribution in [0.3, 0.4) is 0 Å². The lowest BCUT2D eigenvalue weighted by Gasteiger charge is -2.19. The summed E-state index contributed by atoms with van der Waals surface area (Å²) in [5.41, 5.74) is 9.01. The van der Waals surface area contributed by atoms with Crippen LogP contribution in [0.15, 0.2) is 36.5 Å². The van der Waals surface area contributed by atoms with Gasteiger partial charge in [0.05, 0.1) is 11.2 Å². The third-order valence-corrected chi connectivity index (χ3v) is 3.28. The van der Waals surface area contributed by atoms with Gasteiger partial charge in [-0.3, -0.25) is 0 Å². The molecule has 3 heteroatoms. The molecule has 0 saturated heterocycles. The zero-order chi connectivity index (χ0) is 15.0. The highest BCUT2D eigenvalue weighted by atomic mass is 14.9. The summed E-state index contributed by atoms with van der Waals surface area (Å²) in [6, 6.07) is 10.4. The Morgan fingerprint density at radius 1 is 0.900 bits per heavy atom. The second-order valence-electron chi connectivity index (χ2n) is 6.81. The second-order valence-corrected chi connectivity index (χ2v) is 6.81. The van der Waals surface area contributed by atoms with E-state index in [1.165, 1.54) is 5.56 Å². The third kappa shape index (κ3) is 3.23. The Kier molecular flexibility index (Phi) is 3.65. The van der Waals surface area contributed by atoms with E-state index in [-0.39, 0.29) is 5.41 Å². The van der Waals surface area contributed by atoms with Crippen LogP contribution in [0.2, 0.25) is 0 Å². The summed E-state index contributed by atoms with van der Waals surface area (Å²) in [7, 11) is 0. The number of aromatic nitrogens is 2. The molecule has 0 aliphatic heterocycles. The van der Waals surface area contributed by atoms with Gasteiger partial charge in [0, 0.05) is 11.8 Å². The molecule has 0 unspecified atom stereocenters. The van der Waals surface area contributed by atoms with Gasteiger partial charge < -0.3 is 5.73 Å². The first-order valence-electron chi connectivity index (χ1n) is 6.91. The molecule has 0 atom stereocenters. The monoisotopic (exact) mass is 269 g/mol. The molecule has 0 spiro atoms. The SMILES string of the molecule is CC(C)(C)c1ccc(-c2ccnc(C(C)(C)N)n2)cc1. The molecule has 1 aromatic carbocycles. The Hall–Kier alpha value is -1.74. The molecule has 2 aromatic rings. The minimum absolute atomic E-state index is 0.161. The molecule has 0 aliphatic rings. The summed E-state index contributed by atoms with van der Waals surface area (Å²) in [6.07, 6.45) is 1.77. The minimum Gasteiger partial charge on any atom is -0.319 e. The van der Waals surface area contributed by atoms with E-state index < -0.39 is 5.54 Å². The van der Waals surface area contributed by atoms with E-state index in [0.717, 1.165) is 11.3 Å². The fourth-order valence-electron chi connectivity index (χ4n) is 1.97. The van der Waals surface area contributed by atoms with E-state index in [1.54, 1.807) is 6.20 Å². The topological polar surface area (TPSA) is 51.8 Å². The summed E-state index contributed by atoms with van der Waals surface area (Å²) in [5.74, 6) is 0.662. The van der Waals surface area contributed by atoms with Crippen molar-refractivity contribution in [1.82, 2.24) is 9.97 Å². The fourth-order valence-corrected chi connectivity index (χ4v) is 1.97. The highest BCUT2D eigenvalue weighted by Crippen LogP contribution is 2.25.